The molecule has 1 saturated heterocycles. The van der Waals surface area contributed by atoms with Crippen molar-refractivity contribution in [3.8, 4) is 11.1 Å². The van der Waals surface area contributed by atoms with Crippen LogP contribution in [0.2, 0.25) is 0 Å². The summed E-state index contributed by atoms with van der Waals surface area (Å²) in [6.07, 6.45) is 3.70. The number of aromatic nitrogens is 2. The first-order chi connectivity index (χ1) is 18.9. The predicted molar refractivity (Wildman–Crippen MR) is 147 cm³/mol. The van der Waals surface area contributed by atoms with E-state index in [1.54, 1.807) is 31.6 Å². The Morgan fingerprint density at radius 2 is 1.88 bits per heavy atom. The molecule has 1 fully saturated rings. The molecule has 40 heavy (non-hydrogen) atoms. The smallest absolute Gasteiger partial charge is 0.410 e. The average molecular weight is 558 g/mol. The number of amidine groups is 1. The summed E-state index contributed by atoms with van der Waals surface area (Å²) in [5, 5.41) is 11.3. The number of hydrogen-bond acceptors (Lipinski definition) is 10. The number of benzene rings is 1. The lowest BCUT2D eigenvalue weighted by Crippen LogP contribution is -2.36. The number of amides is 1. The molecule has 1 aromatic carbocycles. The molecule has 1 aliphatic heterocycles. The normalized spacial score (nSPS) is 13.4. The Morgan fingerprint density at radius 1 is 1.20 bits per heavy atom. The zero-order chi connectivity index (χ0) is 29.3. The van der Waals surface area contributed by atoms with Gasteiger partial charge in [-0.1, -0.05) is 23.4 Å². The predicted octanol–water partition coefficient (Wildman–Crippen LogP) is 3.49. The molecule has 2 aromatic rings. The van der Waals surface area contributed by atoms with Gasteiger partial charge in [0, 0.05) is 62.1 Å². The van der Waals surface area contributed by atoms with Crippen LogP contribution in [0.25, 0.3) is 11.1 Å². The fraction of sp³-hybridized carbons (Fsp3) is 0.481. The number of rotatable bonds is 10. The molecule has 0 aliphatic carbocycles. The van der Waals surface area contributed by atoms with Gasteiger partial charge in [-0.15, -0.1) is 0 Å². The van der Waals surface area contributed by atoms with Gasteiger partial charge in [0.15, 0.2) is 0 Å². The van der Waals surface area contributed by atoms with Crippen molar-refractivity contribution in [2.24, 2.45) is 10.9 Å². The number of hydrogen-bond donors (Lipinski definition) is 2. The number of piperidine rings is 1. The van der Waals surface area contributed by atoms with Gasteiger partial charge in [0.1, 0.15) is 36.9 Å². The number of halogens is 1. The van der Waals surface area contributed by atoms with E-state index in [1.807, 2.05) is 25.7 Å². The first kappa shape index (κ1) is 30.3. The number of nitrogens with one attached hydrogen (secondary N) is 1. The molecule has 0 bridgehead atoms. The molecular weight excluding hydrogens is 521 g/mol. The molecule has 1 aromatic heterocycles. The number of nitrogens with two attached hydrogens (primary N) is 1. The van der Waals surface area contributed by atoms with Crippen molar-refractivity contribution in [2.45, 2.75) is 52.2 Å². The minimum absolute atomic E-state index is 0.194. The van der Waals surface area contributed by atoms with Gasteiger partial charge in [-0.3, -0.25) is 10.2 Å². The van der Waals surface area contributed by atoms with Crippen LogP contribution in [0, 0.1) is 11.2 Å². The zero-order valence-corrected chi connectivity index (χ0v) is 23.3. The van der Waals surface area contributed by atoms with E-state index in [0.717, 1.165) is 5.71 Å². The molecule has 0 radical (unpaired) electrons. The molecule has 1 amide bonds. The van der Waals surface area contributed by atoms with E-state index >= 15 is 4.39 Å². The molecular formula is C27H36FN7O5. The Hall–Kier alpha value is -4.29. The zero-order valence-electron chi connectivity index (χ0n) is 23.3. The Labute approximate surface area is 232 Å². The summed E-state index contributed by atoms with van der Waals surface area (Å²) >= 11 is 0. The lowest BCUT2D eigenvalue weighted by Gasteiger charge is -2.27. The number of likely N-dealkylation sites (N-methyl/N-ethyl adjacent to an activating group) is 1. The number of nitrogens with zero attached hydrogens (tertiary/aromatic N) is 5. The maximum Gasteiger partial charge on any atom is 0.410 e. The van der Waals surface area contributed by atoms with E-state index in [4.69, 9.17) is 25.5 Å². The van der Waals surface area contributed by atoms with Crippen molar-refractivity contribution in [1.29, 1.82) is 5.41 Å². The highest BCUT2D eigenvalue weighted by Crippen LogP contribution is 2.26. The third-order valence-corrected chi connectivity index (χ3v) is 5.79. The molecule has 0 saturated carbocycles. The second-order valence-electron chi connectivity index (χ2n) is 10.3. The Balaban J connectivity index is 1.49. The van der Waals surface area contributed by atoms with Crippen LogP contribution in [0.3, 0.4) is 0 Å². The maximum atomic E-state index is 15.1. The fourth-order valence-corrected chi connectivity index (χ4v) is 3.70. The van der Waals surface area contributed by atoms with Crippen LogP contribution < -0.4 is 10.6 Å². The van der Waals surface area contributed by atoms with Crippen LogP contribution in [0.15, 0.2) is 35.7 Å². The first-order valence-electron chi connectivity index (χ1n) is 12.9. The maximum absolute atomic E-state index is 15.1. The molecule has 0 spiro atoms. The first-order valence-corrected chi connectivity index (χ1v) is 12.9. The summed E-state index contributed by atoms with van der Waals surface area (Å²) in [7, 11) is 1.65. The van der Waals surface area contributed by atoms with Gasteiger partial charge in [0.05, 0.1) is 12.3 Å². The van der Waals surface area contributed by atoms with Crippen LogP contribution in [0.1, 0.15) is 45.6 Å². The van der Waals surface area contributed by atoms with E-state index < -0.39 is 23.5 Å². The number of carbonyl (C=O) groups excluding carboxylic acids is 2. The van der Waals surface area contributed by atoms with Gasteiger partial charge in [-0.25, -0.2) is 19.2 Å². The van der Waals surface area contributed by atoms with Crippen molar-refractivity contribution in [2.75, 3.05) is 38.2 Å². The molecule has 0 atom stereocenters. The van der Waals surface area contributed by atoms with Gasteiger partial charge < -0.3 is 29.8 Å². The third-order valence-electron chi connectivity index (χ3n) is 5.79. The summed E-state index contributed by atoms with van der Waals surface area (Å²) in [5.74, 6) is -1.03. The molecule has 0 unspecified atom stereocenters. The minimum Gasteiger partial charge on any atom is -0.460 e. The van der Waals surface area contributed by atoms with Gasteiger partial charge in [0.2, 0.25) is 5.95 Å². The molecule has 13 heteroatoms. The van der Waals surface area contributed by atoms with E-state index in [1.165, 1.54) is 11.0 Å². The van der Waals surface area contributed by atoms with Crippen LogP contribution in [0.4, 0.5) is 15.1 Å². The van der Waals surface area contributed by atoms with Crippen LogP contribution in [-0.2, 0) is 25.7 Å². The highest BCUT2D eigenvalue weighted by Gasteiger charge is 2.21. The second-order valence-corrected chi connectivity index (χ2v) is 10.3. The van der Waals surface area contributed by atoms with Crippen molar-refractivity contribution >= 4 is 29.6 Å². The lowest BCUT2D eigenvalue weighted by atomic mass is 10.0. The van der Waals surface area contributed by atoms with Gasteiger partial charge in [0.25, 0.3) is 0 Å². The van der Waals surface area contributed by atoms with Crippen molar-refractivity contribution in [1.82, 2.24) is 14.9 Å². The standard InChI is InChI=1S/C27H36FN7O5/c1-27(2,3)40-26(37)34(4)12-13-39-33-20-8-10-35(11-9-20)25-31-15-19(16-32-25)21-7-5-6-18(24(21)28)17-38-23(36)14-22(29)30/h5-7,15-16H,8-14,17H2,1-4H3,(H3,29,30). The van der Waals surface area contributed by atoms with Crippen molar-refractivity contribution < 1.29 is 28.3 Å². The highest BCUT2D eigenvalue weighted by atomic mass is 19.1. The van der Waals surface area contributed by atoms with Crippen molar-refractivity contribution in [3.63, 3.8) is 0 Å². The number of oxime groups is 1. The number of ether oxygens (including phenoxy) is 2. The van der Waals surface area contributed by atoms with E-state index in [2.05, 4.69) is 15.1 Å². The van der Waals surface area contributed by atoms with Gasteiger partial charge >= 0.3 is 12.1 Å². The molecule has 12 nitrogen and oxygen atoms in total. The van der Waals surface area contributed by atoms with E-state index in [9.17, 15) is 9.59 Å². The van der Waals surface area contributed by atoms with Crippen LogP contribution in [0.5, 0.6) is 0 Å². The Kier molecular flexibility index (Phi) is 10.3. The van der Waals surface area contributed by atoms with Crippen LogP contribution >= 0.6 is 0 Å². The topological polar surface area (TPSA) is 156 Å². The molecule has 216 valence electrons. The fourth-order valence-electron chi connectivity index (χ4n) is 3.70. The molecule has 1 aliphatic rings. The third kappa shape index (κ3) is 9.17. The highest BCUT2D eigenvalue weighted by molar-refractivity contribution is 5.94. The van der Waals surface area contributed by atoms with E-state index in [-0.39, 0.29) is 36.6 Å². The largest absolute Gasteiger partial charge is 0.460 e. The van der Waals surface area contributed by atoms with Gasteiger partial charge in [-0.05, 0) is 20.8 Å². The van der Waals surface area contributed by atoms with E-state index in [0.29, 0.717) is 44.0 Å². The lowest BCUT2D eigenvalue weighted by molar-refractivity contribution is -0.143. The van der Waals surface area contributed by atoms with Crippen molar-refractivity contribution in [3.05, 3.63) is 42.0 Å². The number of carbonyl (C=O) groups is 2. The average Bonchev–Trinajstić information content (AvgIpc) is 2.89. The number of anilines is 1. The summed E-state index contributed by atoms with van der Waals surface area (Å²) < 4.78 is 25.4. The summed E-state index contributed by atoms with van der Waals surface area (Å²) in [6, 6.07) is 4.78. The Morgan fingerprint density at radius 3 is 2.50 bits per heavy atom. The van der Waals surface area contributed by atoms with Gasteiger partial charge in [-0.2, -0.15) is 0 Å². The number of esters is 1. The molecule has 2 heterocycles. The SMILES string of the molecule is CN(CCON=C1CCN(c2ncc(-c3cccc(COC(=O)CC(=N)N)c3F)cn2)CC1)C(=O)OC(C)(C)C. The van der Waals surface area contributed by atoms with Crippen LogP contribution in [-0.4, -0.2) is 77.4 Å². The summed E-state index contributed by atoms with van der Waals surface area (Å²) in [4.78, 5) is 41.3. The second kappa shape index (κ2) is 13.7. The summed E-state index contributed by atoms with van der Waals surface area (Å²) in [6.45, 7) is 7.08. The summed E-state index contributed by atoms with van der Waals surface area (Å²) in [5.41, 5.74) is 6.51. The minimum atomic E-state index is -0.697. The monoisotopic (exact) mass is 557 g/mol. The molecule has 3 rings (SSSR count). The Bertz CT molecular complexity index is 1220. The molecule has 3 N–H and O–H groups in total. The quantitative estimate of drug-likeness (QED) is 0.147.